The number of nitrogens with one attached hydrogen (secondary N) is 1. The second kappa shape index (κ2) is 7.59. The first-order valence-electron chi connectivity index (χ1n) is 7.13. The number of carbonyl (C=O) groups excluding carboxylic acids is 1. The van der Waals surface area contributed by atoms with Crippen LogP contribution < -0.4 is 10.2 Å². The fraction of sp³-hybridized carbons (Fsp3) is 0.615. The molecule has 0 saturated carbocycles. The fourth-order valence-electron chi connectivity index (χ4n) is 1.72. The molecule has 0 fully saturated rings. The van der Waals surface area contributed by atoms with Crippen LogP contribution in [0.15, 0.2) is 0 Å². The summed E-state index contributed by atoms with van der Waals surface area (Å²) in [6.45, 7) is 6.46. The van der Waals surface area contributed by atoms with Crippen LogP contribution in [0.1, 0.15) is 31.6 Å². The van der Waals surface area contributed by atoms with Crippen LogP contribution in [0.3, 0.4) is 0 Å². The largest absolute Gasteiger partial charge is 0.341 e. The lowest BCUT2D eigenvalue weighted by Gasteiger charge is -2.13. The average molecular weight is 340 g/mol. The predicted molar refractivity (Wildman–Crippen MR) is 89.6 cm³/mol. The maximum atomic E-state index is 12.0. The Morgan fingerprint density at radius 2 is 2.14 bits per heavy atom. The summed E-state index contributed by atoms with van der Waals surface area (Å²) in [6.07, 6.45) is 1.66. The second-order valence-electron chi connectivity index (χ2n) is 5.35. The Morgan fingerprint density at radius 3 is 2.77 bits per heavy atom. The quantitative estimate of drug-likeness (QED) is 0.832. The highest BCUT2D eigenvalue weighted by molar-refractivity contribution is 7.15. The molecule has 0 aromatic carbocycles. The molecule has 0 radical (unpaired) electrons. The summed E-state index contributed by atoms with van der Waals surface area (Å²) in [4.78, 5) is 18.2. The molecule has 9 heteroatoms. The molecule has 0 aliphatic rings. The van der Waals surface area contributed by atoms with Crippen LogP contribution in [0.5, 0.6) is 0 Å². The van der Waals surface area contributed by atoms with Crippen molar-refractivity contribution in [2.24, 2.45) is 5.92 Å². The maximum Gasteiger partial charge on any atom is 0.245 e. The summed E-state index contributed by atoms with van der Waals surface area (Å²) < 4.78 is 4.21. The van der Waals surface area contributed by atoms with Crippen molar-refractivity contribution in [2.75, 3.05) is 23.8 Å². The van der Waals surface area contributed by atoms with Crippen molar-refractivity contribution in [3.8, 4) is 0 Å². The minimum absolute atomic E-state index is 0.136. The molecule has 2 aromatic heterocycles. The number of hydrogen-bond acceptors (Lipinski definition) is 8. The van der Waals surface area contributed by atoms with Gasteiger partial charge < -0.3 is 4.90 Å². The van der Waals surface area contributed by atoms with E-state index in [2.05, 4.69) is 38.7 Å². The van der Waals surface area contributed by atoms with E-state index in [4.69, 9.17) is 0 Å². The lowest BCUT2D eigenvalue weighted by molar-refractivity contribution is -0.114. The molecule has 0 aliphatic heterocycles. The number of amides is 1. The van der Waals surface area contributed by atoms with Crippen LogP contribution >= 0.6 is 22.9 Å². The lowest BCUT2D eigenvalue weighted by atomic mass is 10.1. The molecular weight excluding hydrogens is 320 g/mol. The Balaban J connectivity index is 1.88. The minimum atomic E-state index is -0.136. The van der Waals surface area contributed by atoms with Crippen LogP contribution in [0.2, 0.25) is 0 Å². The Bertz CT molecular complexity index is 624. The summed E-state index contributed by atoms with van der Waals surface area (Å²) in [5, 5.41) is 13.1. The smallest absolute Gasteiger partial charge is 0.245 e. The molecule has 0 atom stereocenters. The van der Waals surface area contributed by atoms with Crippen molar-refractivity contribution < 1.29 is 4.79 Å². The van der Waals surface area contributed by atoms with Gasteiger partial charge >= 0.3 is 0 Å². The molecule has 0 saturated heterocycles. The number of likely N-dealkylation sites (N-methyl/N-ethyl adjacent to an activating group) is 1. The maximum absolute atomic E-state index is 12.0. The first-order chi connectivity index (χ1) is 10.5. The van der Waals surface area contributed by atoms with Crippen molar-refractivity contribution in [1.29, 1.82) is 0 Å². The van der Waals surface area contributed by atoms with Gasteiger partial charge in [-0.2, -0.15) is 4.37 Å². The van der Waals surface area contributed by atoms with Gasteiger partial charge in [0.15, 0.2) is 0 Å². The Hall–Kier alpha value is -1.61. The van der Waals surface area contributed by atoms with E-state index in [1.54, 1.807) is 4.90 Å². The van der Waals surface area contributed by atoms with Crippen molar-refractivity contribution >= 4 is 39.0 Å². The van der Waals surface area contributed by atoms with Gasteiger partial charge in [0.05, 0.1) is 6.54 Å². The summed E-state index contributed by atoms with van der Waals surface area (Å²) in [5.74, 6) is 1.19. The van der Waals surface area contributed by atoms with E-state index in [0.29, 0.717) is 11.0 Å². The number of rotatable bonds is 7. The van der Waals surface area contributed by atoms with Crippen LogP contribution in [0, 0.1) is 5.92 Å². The van der Waals surface area contributed by atoms with Gasteiger partial charge in [0, 0.05) is 31.4 Å². The molecule has 0 spiro atoms. The zero-order valence-electron chi connectivity index (χ0n) is 13.2. The van der Waals surface area contributed by atoms with Crippen LogP contribution in [0.4, 0.5) is 10.3 Å². The molecule has 1 amide bonds. The molecule has 2 heterocycles. The molecule has 120 valence electrons. The standard InChI is InChI=1S/C13H20N6OS2/c1-5-9-14-13(22-18-9)19(4)7-10(20)15-12-17-16-11(21-12)6-8(2)3/h8H,5-7H2,1-4H3,(H,15,17,20). The number of anilines is 2. The SMILES string of the molecule is CCc1nsc(N(C)CC(=O)Nc2nnc(CC(C)C)s2)n1. The van der Waals surface area contributed by atoms with Gasteiger partial charge in [-0.25, -0.2) is 4.98 Å². The van der Waals surface area contributed by atoms with Gasteiger partial charge in [-0.05, 0) is 5.92 Å². The Kier molecular flexibility index (Phi) is 5.78. The molecule has 22 heavy (non-hydrogen) atoms. The van der Waals surface area contributed by atoms with Crippen LogP contribution in [-0.2, 0) is 17.6 Å². The molecule has 2 rings (SSSR count). The molecule has 0 unspecified atom stereocenters. The van der Waals surface area contributed by atoms with E-state index in [1.165, 1.54) is 22.9 Å². The third kappa shape index (κ3) is 4.70. The first-order valence-corrected chi connectivity index (χ1v) is 8.72. The van der Waals surface area contributed by atoms with Crippen molar-refractivity contribution in [1.82, 2.24) is 19.6 Å². The van der Waals surface area contributed by atoms with Crippen molar-refractivity contribution in [3.63, 3.8) is 0 Å². The van der Waals surface area contributed by atoms with Crippen molar-refractivity contribution in [3.05, 3.63) is 10.8 Å². The highest BCUT2D eigenvalue weighted by Gasteiger charge is 2.14. The highest BCUT2D eigenvalue weighted by Crippen LogP contribution is 2.19. The summed E-state index contributed by atoms with van der Waals surface area (Å²) in [6, 6.07) is 0. The van der Waals surface area contributed by atoms with Crippen LogP contribution in [-0.4, -0.2) is 39.1 Å². The van der Waals surface area contributed by atoms with Gasteiger partial charge in [-0.15, -0.1) is 10.2 Å². The highest BCUT2D eigenvalue weighted by atomic mass is 32.1. The van der Waals surface area contributed by atoms with Gasteiger partial charge in [-0.3, -0.25) is 10.1 Å². The van der Waals surface area contributed by atoms with E-state index in [9.17, 15) is 4.79 Å². The lowest BCUT2D eigenvalue weighted by Crippen LogP contribution is -2.30. The van der Waals surface area contributed by atoms with E-state index in [1.807, 2.05) is 14.0 Å². The van der Waals surface area contributed by atoms with Crippen molar-refractivity contribution in [2.45, 2.75) is 33.6 Å². The molecule has 7 nitrogen and oxygen atoms in total. The van der Waals surface area contributed by atoms with E-state index in [0.717, 1.165) is 28.8 Å². The third-order valence-corrected chi connectivity index (χ3v) is 4.51. The monoisotopic (exact) mass is 340 g/mol. The summed E-state index contributed by atoms with van der Waals surface area (Å²) in [7, 11) is 1.82. The Labute approximate surface area is 138 Å². The summed E-state index contributed by atoms with van der Waals surface area (Å²) in [5.41, 5.74) is 0. The van der Waals surface area contributed by atoms with Gasteiger partial charge in [0.2, 0.25) is 16.2 Å². The normalized spacial score (nSPS) is 11.0. The predicted octanol–water partition coefficient (Wildman–Crippen LogP) is 2.23. The Morgan fingerprint density at radius 1 is 1.36 bits per heavy atom. The number of hydrogen-bond donors (Lipinski definition) is 1. The fourth-order valence-corrected chi connectivity index (χ4v) is 3.40. The zero-order chi connectivity index (χ0) is 16.1. The van der Waals surface area contributed by atoms with E-state index >= 15 is 0 Å². The molecular formula is C13H20N6OS2. The van der Waals surface area contributed by atoms with E-state index < -0.39 is 0 Å². The van der Waals surface area contributed by atoms with Gasteiger partial charge in [0.1, 0.15) is 10.8 Å². The average Bonchev–Trinajstić information content (AvgIpc) is 3.07. The minimum Gasteiger partial charge on any atom is -0.341 e. The number of aryl methyl sites for hydroxylation is 1. The second-order valence-corrected chi connectivity index (χ2v) is 7.14. The first kappa shape index (κ1) is 16.8. The number of nitrogens with zero attached hydrogens (tertiary/aromatic N) is 5. The van der Waals surface area contributed by atoms with Gasteiger partial charge in [-0.1, -0.05) is 32.1 Å². The summed E-state index contributed by atoms with van der Waals surface area (Å²) >= 11 is 2.72. The molecule has 0 bridgehead atoms. The molecule has 1 N–H and O–H groups in total. The van der Waals surface area contributed by atoms with Gasteiger partial charge in [0.25, 0.3) is 0 Å². The topological polar surface area (TPSA) is 83.9 Å². The third-order valence-electron chi connectivity index (χ3n) is 2.78. The number of aromatic nitrogens is 4. The number of carbonyl (C=O) groups is 1. The molecule has 0 aliphatic carbocycles. The van der Waals surface area contributed by atoms with Crippen LogP contribution in [0.25, 0.3) is 0 Å². The zero-order valence-corrected chi connectivity index (χ0v) is 14.8. The van der Waals surface area contributed by atoms with E-state index in [-0.39, 0.29) is 12.5 Å². The molecule has 2 aromatic rings.